The van der Waals surface area contributed by atoms with E-state index < -0.39 is 22.4 Å². The van der Waals surface area contributed by atoms with Crippen LogP contribution in [0.5, 0.6) is 5.75 Å². The number of likely N-dealkylation sites (N-methyl/N-ethyl adjacent to an activating group) is 1. The predicted octanol–water partition coefficient (Wildman–Crippen LogP) is 1.52. The number of hydrogen-bond donors (Lipinski definition) is 1. The number of ether oxygens (including phenoxy) is 1. The third-order valence-electron chi connectivity index (χ3n) is 2.79. The average Bonchev–Trinajstić information content (AvgIpc) is 2.36. The van der Waals surface area contributed by atoms with E-state index in [0.717, 1.165) is 4.31 Å². The highest BCUT2D eigenvalue weighted by Crippen LogP contribution is 2.25. The van der Waals surface area contributed by atoms with Gasteiger partial charge in [0.05, 0.1) is 18.4 Å². The molecule has 0 bridgehead atoms. The third kappa shape index (κ3) is 4.30. The smallest absolute Gasteiger partial charge is 0.307 e. The maximum Gasteiger partial charge on any atom is 0.307 e. The molecule has 0 amide bonds. The summed E-state index contributed by atoms with van der Waals surface area (Å²) in [5.74, 6) is -0.699. The van der Waals surface area contributed by atoms with Gasteiger partial charge < -0.3 is 9.84 Å². The number of methoxy groups -OCH3 is 1. The molecular weight excluding hydrogens is 294 g/mol. The molecule has 0 spiro atoms. The fourth-order valence-corrected chi connectivity index (χ4v) is 3.30. The van der Waals surface area contributed by atoms with Crippen molar-refractivity contribution in [1.29, 1.82) is 0 Å². The molecule has 0 saturated carbocycles. The molecule has 1 aromatic carbocycles. The SMILES string of the molecule is C=C(C)CN(C)S(=O)(=O)c1ccc(OC)cc1CC(=O)O. The second kappa shape index (κ2) is 6.73. The van der Waals surface area contributed by atoms with Crippen LogP contribution in [-0.2, 0) is 21.2 Å². The van der Waals surface area contributed by atoms with Crippen molar-refractivity contribution in [1.82, 2.24) is 4.31 Å². The summed E-state index contributed by atoms with van der Waals surface area (Å²) in [7, 11) is -0.921. The van der Waals surface area contributed by atoms with E-state index in [1.54, 1.807) is 6.92 Å². The van der Waals surface area contributed by atoms with Crippen LogP contribution in [0.25, 0.3) is 0 Å². The lowest BCUT2D eigenvalue weighted by Crippen LogP contribution is -2.29. The summed E-state index contributed by atoms with van der Waals surface area (Å²) in [5, 5.41) is 8.94. The maximum atomic E-state index is 12.5. The molecule has 0 aliphatic rings. The van der Waals surface area contributed by atoms with Crippen molar-refractivity contribution in [2.24, 2.45) is 0 Å². The fourth-order valence-electron chi connectivity index (χ4n) is 1.87. The molecule has 0 unspecified atom stereocenters. The monoisotopic (exact) mass is 313 g/mol. The van der Waals surface area contributed by atoms with E-state index in [4.69, 9.17) is 9.84 Å². The first-order valence-corrected chi connectivity index (χ1v) is 7.62. The van der Waals surface area contributed by atoms with Crippen LogP contribution in [-0.4, -0.2) is 44.5 Å². The van der Waals surface area contributed by atoms with Gasteiger partial charge in [0.25, 0.3) is 0 Å². The maximum absolute atomic E-state index is 12.5. The summed E-state index contributed by atoms with van der Waals surface area (Å²) in [6.07, 6.45) is -0.396. The van der Waals surface area contributed by atoms with E-state index in [-0.39, 0.29) is 17.0 Å². The Morgan fingerprint density at radius 2 is 2.05 bits per heavy atom. The van der Waals surface area contributed by atoms with Gasteiger partial charge in [0.2, 0.25) is 10.0 Å². The van der Waals surface area contributed by atoms with Crippen molar-refractivity contribution in [3.05, 3.63) is 35.9 Å². The topological polar surface area (TPSA) is 83.9 Å². The number of carboxylic acids is 1. The largest absolute Gasteiger partial charge is 0.497 e. The van der Waals surface area contributed by atoms with Gasteiger partial charge in [-0.15, -0.1) is 0 Å². The molecule has 0 aliphatic heterocycles. The Bertz CT molecular complexity index is 651. The summed E-state index contributed by atoms with van der Waals surface area (Å²) < 4.78 is 31.2. The third-order valence-corrected chi connectivity index (χ3v) is 4.69. The Hall–Kier alpha value is -1.86. The summed E-state index contributed by atoms with van der Waals surface area (Å²) >= 11 is 0. The van der Waals surface area contributed by atoms with Crippen LogP contribution in [0.3, 0.4) is 0 Å². The zero-order valence-corrected chi connectivity index (χ0v) is 13.1. The van der Waals surface area contributed by atoms with Gasteiger partial charge in [0.15, 0.2) is 0 Å². The second-order valence-electron chi connectivity index (χ2n) is 4.76. The van der Waals surface area contributed by atoms with Gasteiger partial charge in [-0.2, -0.15) is 4.31 Å². The highest BCUT2D eigenvalue weighted by Gasteiger charge is 2.25. The lowest BCUT2D eigenvalue weighted by atomic mass is 10.1. The van der Waals surface area contributed by atoms with Crippen molar-refractivity contribution < 1.29 is 23.1 Å². The van der Waals surface area contributed by atoms with Crippen molar-refractivity contribution in [2.45, 2.75) is 18.2 Å². The minimum absolute atomic E-state index is 0.0329. The van der Waals surface area contributed by atoms with Crippen molar-refractivity contribution in [3.63, 3.8) is 0 Å². The molecule has 1 aromatic rings. The molecule has 7 heteroatoms. The molecule has 21 heavy (non-hydrogen) atoms. The number of benzene rings is 1. The average molecular weight is 313 g/mol. The van der Waals surface area contributed by atoms with Gasteiger partial charge >= 0.3 is 5.97 Å². The number of nitrogens with zero attached hydrogens (tertiary/aromatic N) is 1. The Labute approximate surface area is 124 Å². The predicted molar refractivity (Wildman–Crippen MR) is 79.0 cm³/mol. The zero-order chi connectivity index (χ0) is 16.2. The minimum Gasteiger partial charge on any atom is -0.497 e. The van der Waals surface area contributed by atoms with Crippen molar-refractivity contribution in [3.8, 4) is 5.75 Å². The molecule has 116 valence electrons. The molecule has 6 nitrogen and oxygen atoms in total. The van der Waals surface area contributed by atoms with E-state index in [0.29, 0.717) is 11.3 Å². The molecule has 0 fully saturated rings. The molecule has 0 radical (unpaired) electrons. The Morgan fingerprint density at radius 1 is 1.43 bits per heavy atom. The van der Waals surface area contributed by atoms with Crippen LogP contribution in [0.15, 0.2) is 35.2 Å². The summed E-state index contributed by atoms with van der Waals surface area (Å²) in [6, 6.07) is 4.28. The molecule has 0 heterocycles. The Balaban J connectivity index is 3.33. The summed E-state index contributed by atoms with van der Waals surface area (Å²) in [5.41, 5.74) is 0.879. The minimum atomic E-state index is -3.78. The van der Waals surface area contributed by atoms with Crippen LogP contribution in [0, 0.1) is 0 Å². The Kier molecular flexibility index (Phi) is 5.51. The van der Waals surface area contributed by atoms with Crippen LogP contribution >= 0.6 is 0 Å². The molecule has 1 N–H and O–H groups in total. The van der Waals surface area contributed by atoms with E-state index >= 15 is 0 Å². The number of hydrogen-bond acceptors (Lipinski definition) is 4. The lowest BCUT2D eigenvalue weighted by molar-refractivity contribution is -0.136. The quantitative estimate of drug-likeness (QED) is 0.772. The number of sulfonamides is 1. The zero-order valence-electron chi connectivity index (χ0n) is 12.3. The van der Waals surface area contributed by atoms with Gasteiger partial charge in [-0.05, 0) is 30.7 Å². The van der Waals surface area contributed by atoms with Crippen molar-refractivity contribution >= 4 is 16.0 Å². The van der Waals surface area contributed by atoms with Crippen LogP contribution in [0.2, 0.25) is 0 Å². The van der Waals surface area contributed by atoms with Crippen LogP contribution in [0.1, 0.15) is 12.5 Å². The lowest BCUT2D eigenvalue weighted by Gasteiger charge is -2.19. The van der Waals surface area contributed by atoms with Crippen molar-refractivity contribution in [2.75, 3.05) is 20.7 Å². The number of aliphatic carboxylic acids is 1. The molecular formula is C14H19NO5S. The number of carbonyl (C=O) groups is 1. The first-order valence-electron chi connectivity index (χ1n) is 6.18. The number of carboxylic acid groups (broad SMARTS) is 1. The summed E-state index contributed by atoms with van der Waals surface area (Å²) in [6.45, 7) is 5.57. The van der Waals surface area contributed by atoms with E-state index in [9.17, 15) is 13.2 Å². The van der Waals surface area contributed by atoms with E-state index in [1.807, 2.05) is 0 Å². The highest BCUT2D eigenvalue weighted by molar-refractivity contribution is 7.89. The van der Waals surface area contributed by atoms with E-state index in [2.05, 4.69) is 6.58 Å². The highest BCUT2D eigenvalue weighted by atomic mass is 32.2. The standard InChI is InChI=1S/C14H19NO5S/c1-10(2)9-15(3)21(18,19)13-6-5-12(20-4)7-11(13)8-14(16)17/h5-7H,1,8-9H2,2-4H3,(H,16,17). The first kappa shape index (κ1) is 17.2. The van der Waals surface area contributed by atoms with Crippen LogP contribution < -0.4 is 4.74 Å². The van der Waals surface area contributed by atoms with Gasteiger partial charge in [-0.3, -0.25) is 4.79 Å². The summed E-state index contributed by atoms with van der Waals surface area (Å²) in [4.78, 5) is 10.9. The fraction of sp³-hybridized carbons (Fsp3) is 0.357. The van der Waals surface area contributed by atoms with Gasteiger partial charge in [0, 0.05) is 13.6 Å². The first-order chi connectivity index (χ1) is 9.68. The Morgan fingerprint density at radius 3 is 2.52 bits per heavy atom. The second-order valence-corrected chi connectivity index (χ2v) is 6.78. The molecule has 0 saturated heterocycles. The van der Waals surface area contributed by atoms with Gasteiger partial charge in [-0.1, -0.05) is 12.2 Å². The molecule has 1 rings (SSSR count). The number of rotatable bonds is 7. The molecule has 0 aliphatic carbocycles. The van der Waals surface area contributed by atoms with Crippen LogP contribution in [0.4, 0.5) is 0 Å². The van der Waals surface area contributed by atoms with Gasteiger partial charge in [0.1, 0.15) is 5.75 Å². The normalized spacial score (nSPS) is 11.4. The molecule has 0 atom stereocenters. The molecule has 0 aromatic heterocycles. The van der Waals surface area contributed by atoms with E-state index in [1.165, 1.54) is 32.4 Å². The van der Waals surface area contributed by atoms with Gasteiger partial charge in [-0.25, -0.2) is 8.42 Å².